The number of rotatable bonds is 7. The molecule has 1 atom stereocenters. The number of carboxylic acids is 1. The molecule has 2 rings (SSSR count). The molecular formula is C16H19BO6. The van der Waals surface area contributed by atoms with Gasteiger partial charge in [-0.1, -0.05) is 12.1 Å². The van der Waals surface area contributed by atoms with Crippen LogP contribution in [-0.2, 0) is 16.0 Å². The zero-order chi connectivity index (χ0) is 17.0. The maximum Gasteiger partial charge on any atom is 0.526 e. The molecule has 0 bridgehead atoms. The van der Waals surface area contributed by atoms with E-state index in [1.165, 1.54) is 13.0 Å². The maximum atomic E-state index is 12.0. The average molecular weight is 318 g/mol. The second-order valence-electron chi connectivity index (χ2n) is 5.87. The number of ketones is 2. The summed E-state index contributed by atoms with van der Waals surface area (Å²) in [5, 5.41) is 19.2. The van der Waals surface area contributed by atoms with Gasteiger partial charge in [0, 0.05) is 25.1 Å². The summed E-state index contributed by atoms with van der Waals surface area (Å²) in [6.45, 7) is 1.49. The molecule has 122 valence electrons. The third-order valence-electron chi connectivity index (χ3n) is 3.93. The summed E-state index contributed by atoms with van der Waals surface area (Å²) in [6, 6.07) is 4.77. The first kappa shape index (κ1) is 17.2. The van der Waals surface area contributed by atoms with Crippen LogP contribution in [0.2, 0.25) is 5.82 Å². The predicted octanol–water partition coefficient (Wildman–Crippen LogP) is 1.89. The highest BCUT2D eigenvalue weighted by atomic mass is 16.5. The van der Waals surface area contributed by atoms with E-state index in [1.54, 1.807) is 12.1 Å². The standard InChI is InChI=1S/C16H19BO6/c1-10(18)4-2-6-13(19)9-12-8-11-5-3-7-14(16(20)21)15(11)23-17(12)22/h3,5,7,12,22H,2,4,6,8-9H2,1H3,(H,20,21)/t12-/m1/s1. The lowest BCUT2D eigenvalue weighted by Crippen LogP contribution is -2.35. The highest BCUT2D eigenvalue weighted by Gasteiger charge is 2.37. The fraction of sp³-hybridized carbons (Fsp3) is 0.438. The van der Waals surface area contributed by atoms with Gasteiger partial charge in [-0.25, -0.2) is 4.79 Å². The van der Waals surface area contributed by atoms with Crippen LogP contribution in [0.3, 0.4) is 0 Å². The Kier molecular flexibility index (Phi) is 5.55. The number of carbonyl (C=O) groups excluding carboxylic acids is 2. The van der Waals surface area contributed by atoms with Crippen LogP contribution in [0.15, 0.2) is 18.2 Å². The molecule has 23 heavy (non-hydrogen) atoms. The van der Waals surface area contributed by atoms with E-state index in [-0.39, 0.29) is 29.3 Å². The van der Waals surface area contributed by atoms with Crippen LogP contribution in [0.4, 0.5) is 0 Å². The second-order valence-corrected chi connectivity index (χ2v) is 5.87. The van der Waals surface area contributed by atoms with E-state index < -0.39 is 18.9 Å². The van der Waals surface area contributed by atoms with Crippen molar-refractivity contribution in [1.82, 2.24) is 0 Å². The van der Waals surface area contributed by atoms with Crippen LogP contribution in [0.1, 0.15) is 48.5 Å². The lowest BCUT2D eigenvalue weighted by Gasteiger charge is -2.28. The highest BCUT2D eigenvalue weighted by Crippen LogP contribution is 2.36. The molecule has 0 spiro atoms. The number of carbonyl (C=O) groups is 3. The molecule has 0 radical (unpaired) electrons. The normalized spacial score (nSPS) is 16.4. The van der Waals surface area contributed by atoms with Gasteiger partial charge in [-0.3, -0.25) is 4.79 Å². The fourth-order valence-corrected chi connectivity index (χ4v) is 2.76. The average Bonchev–Trinajstić information content (AvgIpc) is 2.46. The van der Waals surface area contributed by atoms with Crippen molar-refractivity contribution in [2.75, 3.05) is 0 Å². The Labute approximate surface area is 134 Å². The van der Waals surface area contributed by atoms with Gasteiger partial charge in [-0.2, -0.15) is 0 Å². The Morgan fingerprint density at radius 3 is 2.70 bits per heavy atom. The molecule has 0 aromatic heterocycles. The van der Waals surface area contributed by atoms with Crippen LogP contribution < -0.4 is 4.65 Å². The van der Waals surface area contributed by atoms with E-state index in [2.05, 4.69) is 0 Å². The predicted molar refractivity (Wildman–Crippen MR) is 83.6 cm³/mol. The maximum absolute atomic E-state index is 12.0. The Morgan fingerprint density at radius 2 is 2.04 bits per heavy atom. The molecule has 1 aliphatic rings. The molecule has 0 saturated carbocycles. The monoisotopic (exact) mass is 318 g/mol. The number of hydrogen-bond donors (Lipinski definition) is 2. The van der Waals surface area contributed by atoms with Crippen molar-refractivity contribution in [1.29, 1.82) is 0 Å². The minimum atomic E-state index is -1.21. The molecule has 7 heteroatoms. The smallest absolute Gasteiger partial charge is 0.526 e. The zero-order valence-electron chi connectivity index (χ0n) is 12.9. The summed E-state index contributed by atoms with van der Waals surface area (Å²) >= 11 is 0. The van der Waals surface area contributed by atoms with Crippen LogP contribution in [0.5, 0.6) is 5.75 Å². The summed E-state index contributed by atoms with van der Waals surface area (Å²) in [7, 11) is -1.21. The van der Waals surface area contributed by atoms with Gasteiger partial charge in [0.05, 0.1) is 5.56 Å². The van der Waals surface area contributed by atoms with Crippen molar-refractivity contribution >= 4 is 24.7 Å². The minimum absolute atomic E-state index is 0.00721. The van der Waals surface area contributed by atoms with Gasteiger partial charge < -0.3 is 19.6 Å². The minimum Gasteiger partial charge on any atom is -0.535 e. The van der Waals surface area contributed by atoms with Crippen LogP contribution in [-0.4, -0.2) is 34.8 Å². The van der Waals surface area contributed by atoms with Crippen molar-refractivity contribution in [3.05, 3.63) is 29.3 Å². The molecule has 0 fully saturated rings. The third-order valence-corrected chi connectivity index (χ3v) is 3.93. The Morgan fingerprint density at radius 1 is 1.30 bits per heavy atom. The van der Waals surface area contributed by atoms with Crippen molar-refractivity contribution in [3.8, 4) is 5.75 Å². The van der Waals surface area contributed by atoms with Crippen molar-refractivity contribution in [2.45, 2.75) is 44.8 Å². The number of Topliss-reactive ketones (excluding diaryl/α,β-unsaturated/α-hetero) is 2. The Hall–Kier alpha value is -2.15. The van der Waals surface area contributed by atoms with Gasteiger partial charge >= 0.3 is 13.1 Å². The van der Waals surface area contributed by atoms with Gasteiger partial charge in [0.25, 0.3) is 0 Å². The van der Waals surface area contributed by atoms with Crippen molar-refractivity contribution in [2.24, 2.45) is 0 Å². The van der Waals surface area contributed by atoms with Crippen LogP contribution in [0, 0.1) is 0 Å². The topological polar surface area (TPSA) is 101 Å². The lowest BCUT2D eigenvalue weighted by atomic mass is 9.64. The van der Waals surface area contributed by atoms with E-state index in [0.717, 1.165) is 0 Å². The van der Waals surface area contributed by atoms with Crippen molar-refractivity contribution in [3.63, 3.8) is 0 Å². The summed E-state index contributed by atoms with van der Waals surface area (Å²) < 4.78 is 5.35. The summed E-state index contributed by atoms with van der Waals surface area (Å²) in [6.07, 6.45) is 1.72. The summed E-state index contributed by atoms with van der Waals surface area (Å²) in [5.41, 5.74) is 0.685. The first-order valence-corrected chi connectivity index (χ1v) is 7.59. The van der Waals surface area contributed by atoms with Gasteiger partial charge in [-0.15, -0.1) is 0 Å². The lowest BCUT2D eigenvalue weighted by molar-refractivity contribution is -0.119. The van der Waals surface area contributed by atoms with E-state index in [4.69, 9.17) is 9.76 Å². The quantitative estimate of drug-likeness (QED) is 0.745. The molecule has 2 N–H and O–H groups in total. The Balaban J connectivity index is 2.01. The van der Waals surface area contributed by atoms with E-state index in [0.29, 0.717) is 31.2 Å². The molecule has 1 heterocycles. The zero-order valence-corrected chi connectivity index (χ0v) is 12.9. The first-order chi connectivity index (χ1) is 10.9. The molecule has 0 saturated heterocycles. The number of carboxylic acid groups (broad SMARTS) is 1. The third kappa shape index (κ3) is 4.42. The largest absolute Gasteiger partial charge is 0.535 e. The van der Waals surface area contributed by atoms with E-state index in [9.17, 15) is 19.4 Å². The highest BCUT2D eigenvalue weighted by molar-refractivity contribution is 6.47. The Bertz CT molecular complexity index is 627. The summed E-state index contributed by atoms with van der Waals surface area (Å²) in [4.78, 5) is 34.0. The van der Waals surface area contributed by atoms with Gasteiger partial charge in [-0.05, 0) is 31.4 Å². The van der Waals surface area contributed by atoms with Gasteiger partial charge in [0.2, 0.25) is 0 Å². The SMILES string of the molecule is CC(=O)CCCC(=O)C[C@H]1Cc2cccc(C(=O)O)c2OB1O. The van der Waals surface area contributed by atoms with Crippen molar-refractivity contribution < 1.29 is 29.2 Å². The van der Waals surface area contributed by atoms with Gasteiger partial charge in [0.15, 0.2) is 0 Å². The molecular weight excluding hydrogens is 299 g/mol. The molecule has 0 aliphatic carbocycles. The number of benzene rings is 1. The molecule has 0 unspecified atom stereocenters. The van der Waals surface area contributed by atoms with Crippen LogP contribution >= 0.6 is 0 Å². The molecule has 6 nitrogen and oxygen atoms in total. The number of aromatic carboxylic acids is 1. The molecule has 1 aromatic rings. The van der Waals surface area contributed by atoms with Crippen LogP contribution in [0.25, 0.3) is 0 Å². The summed E-state index contributed by atoms with van der Waals surface area (Å²) in [5.74, 6) is -1.33. The number of para-hydroxylation sites is 1. The number of hydrogen-bond acceptors (Lipinski definition) is 5. The fourth-order valence-electron chi connectivity index (χ4n) is 2.76. The first-order valence-electron chi connectivity index (χ1n) is 7.59. The van der Waals surface area contributed by atoms with Gasteiger partial charge in [0.1, 0.15) is 17.3 Å². The molecule has 0 amide bonds. The molecule has 1 aromatic carbocycles. The van der Waals surface area contributed by atoms with E-state index in [1.807, 2.05) is 0 Å². The molecule has 1 aliphatic heterocycles. The number of fused-ring (bicyclic) bond motifs is 1. The van der Waals surface area contributed by atoms with E-state index >= 15 is 0 Å². The second kappa shape index (κ2) is 7.41.